The zero-order valence-electron chi connectivity index (χ0n) is 15.2. The number of aliphatic hydroxyl groups is 2. The Balaban J connectivity index is 2.25. The molecule has 2 N–H and O–H groups in total. The molecule has 0 fully saturated rings. The molecule has 0 bridgehead atoms. The maximum atomic E-state index is 12.7. The van der Waals surface area contributed by atoms with Gasteiger partial charge in [-0.05, 0) is 32.1 Å². The molecule has 0 amide bonds. The molecule has 2 aromatic rings. The Morgan fingerprint density at radius 2 is 1.84 bits per heavy atom. The summed E-state index contributed by atoms with van der Waals surface area (Å²) in [5.74, 6) is 0. The van der Waals surface area contributed by atoms with Crippen LogP contribution in [0.15, 0.2) is 15.9 Å². The molecule has 2 aromatic heterocycles. The molecule has 0 atom stereocenters. The lowest BCUT2D eigenvalue weighted by atomic mass is 9.91. The van der Waals surface area contributed by atoms with Gasteiger partial charge in [0.25, 0.3) is 5.56 Å². The van der Waals surface area contributed by atoms with Gasteiger partial charge in [0.1, 0.15) is 0 Å². The molecule has 0 aliphatic rings. The van der Waals surface area contributed by atoms with Crippen LogP contribution < -0.4 is 11.2 Å². The van der Waals surface area contributed by atoms with Crippen LogP contribution in [0.2, 0.25) is 0 Å². The molecule has 2 heterocycles. The van der Waals surface area contributed by atoms with E-state index in [0.717, 1.165) is 6.42 Å². The molecular weight excluding hydrogens is 324 g/mol. The van der Waals surface area contributed by atoms with Crippen molar-refractivity contribution in [3.8, 4) is 0 Å². The van der Waals surface area contributed by atoms with Gasteiger partial charge in [0.15, 0.2) is 11.2 Å². The van der Waals surface area contributed by atoms with Crippen molar-refractivity contribution in [2.24, 2.45) is 7.05 Å². The summed E-state index contributed by atoms with van der Waals surface area (Å²) >= 11 is 0. The van der Waals surface area contributed by atoms with Crippen molar-refractivity contribution in [1.82, 2.24) is 18.7 Å². The van der Waals surface area contributed by atoms with Gasteiger partial charge in [-0.3, -0.25) is 13.9 Å². The first kappa shape index (κ1) is 19.4. The van der Waals surface area contributed by atoms with Crippen molar-refractivity contribution in [3.63, 3.8) is 0 Å². The highest BCUT2D eigenvalue weighted by molar-refractivity contribution is 5.69. The molecule has 8 nitrogen and oxygen atoms in total. The Morgan fingerprint density at radius 3 is 2.44 bits per heavy atom. The number of hydrogen-bond acceptors (Lipinski definition) is 5. The van der Waals surface area contributed by atoms with Crippen molar-refractivity contribution in [3.05, 3.63) is 27.2 Å². The standard InChI is InChI=1S/C17H28N4O4/c1-4-17(25,5-2)8-6-7-9-21-15(23)13-14(19(3)16(21)24)18-12-20(13)10-11-22/h12,22,25H,4-11H2,1-3H3. The van der Waals surface area contributed by atoms with Gasteiger partial charge < -0.3 is 14.8 Å². The van der Waals surface area contributed by atoms with E-state index in [2.05, 4.69) is 4.98 Å². The molecule has 2 rings (SSSR count). The van der Waals surface area contributed by atoms with Crippen molar-refractivity contribution in [1.29, 1.82) is 0 Å². The van der Waals surface area contributed by atoms with Gasteiger partial charge in [-0.15, -0.1) is 0 Å². The van der Waals surface area contributed by atoms with E-state index in [1.807, 2.05) is 13.8 Å². The highest BCUT2D eigenvalue weighted by Crippen LogP contribution is 2.21. The molecule has 0 spiro atoms. The normalized spacial score (nSPS) is 12.2. The van der Waals surface area contributed by atoms with Crippen LogP contribution in [-0.2, 0) is 20.1 Å². The number of aryl methyl sites for hydroxylation is 1. The second-order valence-electron chi connectivity index (χ2n) is 6.52. The summed E-state index contributed by atoms with van der Waals surface area (Å²) in [6.45, 7) is 4.36. The van der Waals surface area contributed by atoms with Crippen LogP contribution >= 0.6 is 0 Å². The van der Waals surface area contributed by atoms with E-state index in [-0.39, 0.29) is 18.7 Å². The van der Waals surface area contributed by atoms with Crippen LogP contribution in [-0.4, -0.2) is 41.1 Å². The van der Waals surface area contributed by atoms with E-state index in [9.17, 15) is 14.7 Å². The smallest absolute Gasteiger partial charge is 0.332 e. The van der Waals surface area contributed by atoms with Crippen LogP contribution in [0.3, 0.4) is 0 Å². The second kappa shape index (κ2) is 7.97. The monoisotopic (exact) mass is 352 g/mol. The van der Waals surface area contributed by atoms with E-state index >= 15 is 0 Å². The Kier molecular flexibility index (Phi) is 6.18. The summed E-state index contributed by atoms with van der Waals surface area (Å²) < 4.78 is 4.15. The van der Waals surface area contributed by atoms with Crippen molar-refractivity contribution < 1.29 is 10.2 Å². The summed E-state index contributed by atoms with van der Waals surface area (Å²) in [5.41, 5.74) is -0.793. The fraction of sp³-hybridized carbons (Fsp3) is 0.706. The number of hydrogen-bond donors (Lipinski definition) is 2. The zero-order valence-corrected chi connectivity index (χ0v) is 15.2. The molecule has 0 aromatic carbocycles. The first-order chi connectivity index (χ1) is 11.9. The predicted octanol–water partition coefficient (Wildman–Crippen LogP) is 0.610. The summed E-state index contributed by atoms with van der Waals surface area (Å²) in [6.07, 6.45) is 4.88. The molecule has 0 aliphatic heterocycles. The minimum Gasteiger partial charge on any atom is -0.395 e. The van der Waals surface area contributed by atoms with Gasteiger partial charge in [-0.2, -0.15) is 0 Å². The van der Waals surface area contributed by atoms with E-state index in [1.54, 1.807) is 11.6 Å². The van der Waals surface area contributed by atoms with Gasteiger partial charge in [-0.25, -0.2) is 9.78 Å². The number of aromatic nitrogens is 4. The van der Waals surface area contributed by atoms with Gasteiger partial charge in [-0.1, -0.05) is 13.8 Å². The first-order valence-electron chi connectivity index (χ1n) is 8.86. The van der Waals surface area contributed by atoms with Gasteiger partial charge in [0.05, 0.1) is 18.5 Å². The number of imidazole rings is 1. The summed E-state index contributed by atoms with van der Waals surface area (Å²) in [7, 11) is 1.59. The maximum absolute atomic E-state index is 12.7. The lowest BCUT2D eigenvalue weighted by Crippen LogP contribution is -2.39. The number of fused-ring (bicyclic) bond motifs is 1. The molecule has 0 unspecified atom stereocenters. The molecule has 0 aliphatic carbocycles. The minimum atomic E-state index is -0.667. The van der Waals surface area contributed by atoms with Gasteiger partial charge >= 0.3 is 5.69 Å². The molecule has 140 valence electrons. The first-order valence-corrected chi connectivity index (χ1v) is 8.86. The fourth-order valence-corrected chi connectivity index (χ4v) is 3.12. The van der Waals surface area contributed by atoms with Crippen molar-refractivity contribution in [2.75, 3.05) is 6.61 Å². The lowest BCUT2D eigenvalue weighted by molar-refractivity contribution is 0.0210. The average Bonchev–Trinajstić information content (AvgIpc) is 3.03. The quantitative estimate of drug-likeness (QED) is 0.644. The largest absolute Gasteiger partial charge is 0.395 e. The van der Waals surface area contributed by atoms with E-state index in [1.165, 1.54) is 15.5 Å². The van der Waals surface area contributed by atoms with Crippen LogP contribution in [0, 0.1) is 0 Å². The van der Waals surface area contributed by atoms with E-state index < -0.39 is 11.3 Å². The van der Waals surface area contributed by atoms with Crippen LogP contribution in [0.1, 0.15) is 46.0 Å². The highest BCUT2D eigenvalue weighted by atomic mass is 16.3. The number of aliphatic hydroxyl groups excluding tert-OH is 1. The number of nitrogens with zero attached hydrogens (tertiary/aromatic N) is 4. The molecule has 0 radical (unpaired) electrons. The SMILES string of the molecule is CCC(O)(CC)CCCCn1c(=O)c2c(ncn2CCO)n(C)c1=O. The highest BCUT2D eigenvalue weighted by Gasteiger charge is 2.21. The second-order valence-corrected chi connectivity index (χ2v) is 6.52. The number of unbranched alkanes of at least 4 members (excludes halogenated alkanes) is 1. The van der Waals surface area contributed by atoms with Gasteiger partial charge in [0.2, 0.25) is 0 Å². The molecule has 25 heavy (non-hydrogen) atoms. The van der Waals surface area contributed by atoms with Crippen LogP contribution in [0.25, 0.3) is 11.2 Å². The molecular formula is C17H28N4O4. The lowest BCUT2D eigenvalue weighted by Gasteiger charge is -2.24. The van der Waals surface area contributed by atoms with E-state index in [4.69, 9.17) is 5.11 Å². The van der Waals surface area contributed by atoms with Crippen LogP contribution in [0.5, 0.6) is 0 Å². The van der Waals surface area contributed by atoms with Crippen molar-refractivity contribution >= 4 is 11.2 Å². The summed E-state index contributed by atoms with van der Waals surface area (Å²) in [5, 5.41) is 19.4. The van der Waals surface area contributed by atoms with Gasteiger partial charge in [0, 0.05) is 20.1 Å². The topological polar surface area (TPSA) is 102 Å². The average molecular weight is 352 g/mol. The van der Waals surface area contributed by atoms with Crippen LogP contribution in [0.4, 0.5) is 0 Å². The summed E-state index contributed by atoms with van der Waals surface area (Å²) in [4.78, 5) is 29.3. The Bertz CT molecular complexity index is 830. The molecule has 8 heteroatoms. The minimum absolute atomic E-state index is 0.111. The third kappa shape index (κ3) is 3.85. The molecule has 0 saturated carbocycles. The maximum Gasteiger partial charge on any atom is 0.332 e. The predicted molar refractivity (Wildman–Crippen MR) is 95.7 cm³/mol. The van der Waals surface area contributed by atoms with E-state index in [0.29, 0.717) is 43.4 Å². The third-order valence-corrected chi connectivity index (χ3v) is 5.03. The number of rotatable bonds is 9. The third-order valence-electron chi connectivity index (χ3n) is 5.03. The Morgan fingerprint density at radius 1 is 1.16 bits per heavy atom. The Labute approximate surface area is 146 Å². The zero-order chi connectivity index (χ0) is 18.6. The fourth-order valence-electron chi connectivity index (χ4n) is 3.12. The molecule has 0 saturated heterocycles. The Hall–Kier alpha value is -1.93. The summed E-state index contributed by atoms with van der Waals surface area (Å²) in [6, 6.07) is 0. The van der Waals surface area contributed by atoms with Crippen molar-refractivity contribution in [2.45, 2.75) is 64.6 Å².